The minimum Gasteiger partial charge on any atom is -0.323 e. The third kappa shape index (κ3) is 2.87. The number of hydrogen-bond acceptors (Lipinski definition) is 1. The van der Waals surface area contributed by atoms with Crippen LogP contribution in [-0.2, 0) is 10.2 Å². The normalized spacial score (nSPS) is 11.2. The summed E-state index contributed by atoms with van der Waals surface area (Å²) in [6.07, 6.45) is 0. The van der Waals surface area contributed by atoms with Crippen molar-refractivity contribution in [2.45, 2.75) is 26.2 Å². The van der Waals surface area contributed by atoms with Gasteiger partial charge in [-0.3, -0.25) is 4.79 Å². The van der Waals surface area contributed by atoms with E-state index in [4.69, 9.17) is 0 Å². The second-order valence-corrected chi connectivity index (χ2v) is 5.43. The minimum atomic E-state index is -0.724. The molecule has 2 aromatic carbocycles. The van der Waals surface area contributed by atoms with E-state index in [1.807, 2.05) is 51.1 Å². The van der Waals surface area contributed by atoms with Crippen LogP contribution >= 0.6 is 0 Å². The van der Waals surface area contributed by atoms with Crippen molar-refractivity contribution < 1.29 is 9.18 Å². The fourth-order valence-electron chi connectivity index (χ4n) is 1.99. The smallest absolute Gasteiger partial charge is 0.234 e. The molecule has 0 aromatic heterocycles. The predicted molar refractivity (Wildman–Crippen MR) is 79.2 cm³/mol. The second kappa shape index (κ2) is 5.45. The number of aryl methyl sites for hydroxylation is 1. The maximum absolute atomic E-state index is 13.8. The molecule has 2 aromatic rings. The molecular weight excluding hydrogens is 253 g/mol. The van der Waals surface area contributed by atoms with Gasteiger partial charge in [-0.15, -0.1) is 0 Å². The number of carbonyl (C=O) groups excluding carboxylic acids is 1. The molecule has 1 N–H and O–H groups in total. The summed E-state index contributed by atoms with van der Waals surface area (Å²) in [6, 6.07) is 14.2. The summed E-state index contributed by atoms with van der Waals surface area (Å²) in [7, 11) is 0. The van der Waals surface area contributed by atoms with E-state index >= 15 is 0 Å². The Kier molecular flexibility index (Phi) is 3.89. The molecule has 20 heavy (non-hydrogen) atoms. The van der Waals surface area contributed by atoms with Crippen LogP contribution in [0.15, 0.2) is 48.5 Å². The Bertz CT molecular complexity index is 620. The molecule has 2 rings (SSSR count). The average molecular weight is 271 g/mol. The quantitative estimate of drug-likeness (QED) is 0.896. The zero-order valence-electron chi connectivity index (χ0n) is 11.9. The Morgan fingerprint density at radius 2 is 1.75 bits per heavy atom. The van der Waals surface area contributed by atoms with E-state index in [1.165, 1.54) is 6.07 Å². The molecule has 1 amide bonds. The highest BCUT2D eigenvalue weighted by molar-refractivity contribution is 5.98. The molecule has 2 nitrogen and oxygen atoms in total. The first-order chi connectivity index (χ1) is 9.41. The summed E-state index contributed by atoms with van der Waals surface area (Å²) >= 11 is 0. The number of halogens is 1. The molecule has 0 unspecified atom stereocenters. The van der Waals surface area contributed by atoms with Gasteiger partial charge < -0.3 is 5.32 Å². The van der Waals surface area contributed by atoms with Crippen LogP contribution in [0.3, 0.4) is 0 Å². The van der Waals surface area contributed by atoms with Crippen LogP contribution in [0.5, 0.6) is 0 Å². The molecule has 0 aliphatic rings. The zero-order chi connectivity index (χ0) is 14.8. The van der Waals surface area contributed by atoms with Gasteiger partial charge in [0.15, 0.2) is 0 Å². The summed E-state index contributed by atoms with van der Waals surface area (Å²) in [5.41, 5.74) is 1.20. The third-order valence-corrected chi connectivity index (χ3v) is 3.44. The summed E-state index contributed by atoms with van der Waals surface area (Å²) < 4.78 is 13.8. The van der Waals surface area contributed by atoms with Gasteiger partial charge in [0, 0.05) is 0 Å². The maximum atomic E-state index is 13.8. The lowest BCUT2D eigenvalue weighted by Gasteiger charge is -2.24. The molecule has 0 aliphatic carbocycles. The lowest BCUT2D eigenvalue weighted by Crippen LogP contribution is -2.34. The van der Waals surface area contributed by atoms with Crippen molar-refractivity contribution in [1.29, 1.82) is 0 Å². The molecule has 0 radical (unpaired) electrons. The molecule has 0 atom stereocenters. The van der Waals surface area contributed by atoms with Gasteiger partial charge in [-0.2, -0.15) is 0 Å². The number of rotatable bonds is 3. The van der Waals surface area contributed by atoms with Crippen molar-refractivity contribution in [3.63, 3.8) is 0 Å². The average Bonchev–Trinajstić information content (AvgIpc) is 2.42. The molecule has 3 heteroatoms. The number of amides is 1. The molecule has 0 spiro atoms. The largest absolute Gasteiger partial charge is 0.323 e. The van der Waals surface area contributed by atoms with Crippen LogP contribution in [0.25, 0.3) is 0 Å². The lowest BCUT2D eigenvalue weighted by atomic mass is 9.83. The van der Waals surface area contributed by atoms with Crippen LogP contribution in [0.1, 0.15) is 25.0 Å². The second-order valence-electron chi connectivity index (χ2n) is 5.43. The van der Waals surface area contributed by atoms with Gasteiger partial charge in [-0.1, -0.05) is 36.4 Å². The van der Waals surface area contributed by atoms with Crippen LogP contribution in [0.4, 0.5) is 10.1 Å². The lowest BCUT2D eigenvalue weighted by molar-refractivity contribution is -0.120. The number of hydrogen-bond donors (Lipinski definition) is 1. The number of anilines is 1. The highest BCUT2D eigenvalue weighted by atomic mass is 19.1. The Labute approximate surface area is 118 Å². The first-order valence-corrected chi connectivity index (χ1v) is 6.54. The number of nitrogens with one attached hydrogen (secondary N) is 1. The fourth-order valence-corrected chi connectivity index (χ4v) is 1.99. The van der Waals surface area contributed by atoms with Gasteiger partial charge in [0.25, 0.3) is 0 Å². The van der Waals surface area contributed by atoms with Gasteiger partial charge in [-0.25, -0.2) is 4.39 Å². The number of carbonyl (C=O) groups is 1. The van der Waals surface area contributed by atoms with E-state index in [0.717, 1.165) is 11.1 Å². The topological polar surface area (TPSA) is 29.1 Å². The Morgan fingerprint density at radius 1 is 1.10 bits per heavy atom. The molecule has 0 saturated carbocycles. The van der Waals surface area contributed by atoms with E-state index in [0.29, 0.717) is 0 Å². The van der Waals surface area contributed by atoms with Gasteiger partial charge in [0.1, 0.15) is 5.82 Å². The Hall–Kier alpha value is -2.16. The number of benzene rings is 2. The molecular formula is C17H18FNO. The predicted octanol–water partition coefficient (Wildman–Crippen LogP) is 4.05. The monoisotopic (exact) mass is 271 g/mol. The van der Waals surface area contributed by atoms with E-state index in [9.17, 15) is 9.18 Å². The van der Waals surface area contributed by atoms with Crippen LogP contribution in [0.2, 0.25) is 0 Å². The van der Waals surface area contributed by atoms with Gasteiger partial charge in [-0.05, 0) is 44.0 Å². The standard InChI is InChI=1S/C17H18FNO/c1-12-9-10-15(14(18)11-12)19-16(20)17(2,3)13-7-5-4-6-8-13/h4-11H,1-3H3,(H,19,20). The van der Waals surface area contributed by atoms with Gasteiger partial charge >= 0.3 is 0 Å². The fraction of sp³-hybridized carbons (Fsp3) is 0.235. The van der Waals surface area contributed by atoms with Crippen molar-refractivity contribution in [2.24, 2.45) is 0 Å². The third-order valence-electron chi connectivity index (χ3n) is 3.44. The van der Waals surface area contributed by atoms with Crippen molar-refractivity contribution in [3.8, 4) is 0 Å². The van der Waals surface area contributed by atoms with E-state index < -0.39 is 11.2 Å². The SMILES string of the molecule is Cc1ccc(NC(=O)C(C)(C)c2ccccc2)c(F)c1. The molecule has 0 heterocycles. The first kappa shape index (κ1) is 14.3. The Morgan fingerprint density at radius 3 is 2.35 bits per heavy atom. The van der Waals surface area contributed by atoms with Crippen LogP contribution < -0.4 is 5.32 Å². The van der Waals surface area contributed by atoms with E-state index in [1.54, 1.807) is 12.1 Å². The van der Waals surface area contributed by atoms with Crippen LogP contribution in [0, 0.1) is 12.7 Å². The molecule has 0 saturated heterocycles. The van der Waals surface area contributed by atoms with Crippen molar-refractivity contribution in [2.75, 3.05) is 5.32 Å². The van der Waals surface area contributed by atoms with E-state index in [-0.39, 0.29) is 11.6 Å². The van der Waals surface area contributed by atoms with Crippen molar-refractivity contribution in [3.05, 3.63) is 65.5 Å². The Balaban J connectivity index is 2.23. The highest BCUT2D eigenvalue weighted by Gasteiger charge is 2.30. The van der Waals surface area contributed by atoms with Gasteiger partial charge in [0.05, 0.1) is 11.1 Å². The summed E-state index contributed by atoms with van der Waals surface area (Å²) in [6.45, 7) is 5.45. The molecule has 0 fully saturated rings. The summed E-state index contributed by atoms with van der Waals surface area (Å²) in [4.78, 5) is 12.4. The summed E-state index contributed by atoms with van der Waals surface area (Å²) in [5, 5.41) is 2.66. The van der Waals surface area contributed by atoms with Crippen molar-refractivity contribution in [1.82, 2.24) is 0 Å². The van der Waals surface area contributed by atoms with Crippen LogP contribution in [-0.4, -0.2) is 5.91 Å². The molecule has 104 valence electrons. The highest BCUT2D eigenvalue weighted by Crippen LogP contribution is 2.25. The first-order valence-electron chi connectivity index (χ1n) is 6.54. The zero-order valence-corrected chi connectivity index (χ0v) is 11.9. The van der Waals surface area contributed by atoms with Crippen molar-refractivity contribution >= 4 is 11.6 Å². The summed E-state index contributed by atoms with van der Waals surface area (Å²) in [5.74, 6) is -0.645. The minimum absolute atomic E-state index is 0.213. The molecule has 0 bridgehead atoms. The van der Waals surface area contributed by atoms with E-state index in [2.05, 4.69) is 5.32 Å². The maximum Gasteiger partial charge on any atom is 0.234 e. The molecule has 0 aliphatic heterocycles. The van der Waals surface area contributed by atoms with Gasteiger partial charge in [0.2, 0.25) is 5.91 Å².